The topological polar surface area (TPSA) is 49.3 Å². The smallest absolute Gasteiger partial charge is 0.191 e. The minimum Gasteiger partial charge on any atom is -0.356 e. The van der Waals surface area contributed by atoms with Gasteiger partial charge in [0.05, 0.1) is 10.7 Å². The second kappa shape index (κ2) is 6.70. The Balaban J connectivity index is 1.75. The molecular weight excluding hydrogens is 256 g/mol. The molecule has 5 heteroatoms. The number of nitrogens with zero attached hydrogens (tertiary/aromatic N) is 2. The van der Waals surface area contributed by atoms with Gasteiger partial charge in [0, 0.05) is 30.9 Å². The second-order valence-corrected chi connectivity index (χ2v) is 6.06. The molecule has 1 aromatic heterocycles. The van der Waals surface area contributed by atoms with Crippen molar-refractivity contribution in [1.82, 2.24) is 15.6 Å². The van der Waals surface area contributed by atoms with E-state index in [0.717, 1.165) is 42.5 Å². The largest absolute Gasteiger partial charge is 0.356 e. The van der Waals surface area contributed by atoms with Gasteiger partial charge in [0.1, 0.15) is 0 Å². The maximum atomic E-state index is 4.45. The van der Waals surface area contributed by atoms with E-state index in [9.17, 15) is 0 Å². The van der Waals surface area contributed by atoms with E-state index < -0.39 is 0 Å². The number of rotatable bonds is 4. The molecule has 0 fully saturated rings. The van der Waals surface area contributed by atoms with Crippen molar-refractivity contribution in [2.75, 3.05) is 13.6 Å². The van der Waals surface area contributed by atoms with Crippen molar-refractivity contribution in [3.8, 4) is 0 Å². The molecule has 0 saturated carbocycles. The first kappa shape index (κ1) is 14.1. The van der Waals surface area contributed by atoms with Gasteiger partial charge < -0.3 is 10.6 Å². The van der Waals surface area contributed by atoms with Crippen molar-refractivity contribution in [1.29, 1.82) is 0 Å². The number of hydrogen-bond donors (Lipinski definition) is 2. The molecule has 0 radical (unpaired) electrons. The van der Waals surface area contributed by atoms with Crippen LogP contribution in [0.4, 0.5) is 0 Å². The van der Waals surface area contributed by atoms with Gasteiger partial charge >= 0.3 is 0 Å². The van der Waals surface area contributed by atoms with Gasteiger partial charge in [-0.05, 0) is 26.7 Å². The van der Waals surface area contributed by atoms with Crippen LogP contribution in [0.5, 0.6) is 0 Å². The molecule has 0 aliphatic heterocycles. The molecule has 1 heterocycles. The lowest BCUT2D eigenvalue weighted by Crippen LogP contribution is -2.43. The molecule has 0 saturated heterocycles. The lowest BCUT2D eigenvalue weighted by molar-refractivity contribution is 0.633. The van der Waals surface area contributed by atoms with Crippen LogP contribution in [0.1, 0.15) is 28.4 Å². The molecule has 2 N–H and O–H groups in total. The molecule has 0 aromatic carbocycles. The van der Waals surface area contributed by atoms with Crippen LogP contribution < -0.4 is 10.6 Å². The SMILES string of the molecule is CN=C(NCCc1sc(C)nc1C)NC1CC=CC1. The third-order valence-electron chi connectivity index (χ3n) is 3.22. The monoisotopic (exact) mass is 278 g/mol. The number of thiazole rings is 1. The van der Waals surface area contributed by atoms with E-state index in [2.05, 4.69) is 46.6 Å². The summed E-state index contributed by atoms with van der Waals surface area (Å²) in [7, 11) is 1.82. The quantitative estimate of drug-likeness (QED) is 0.504. The maximum Gasteiger partial charge on any atom is 0.191 e. The van der Waals surface area contributed by atoms with Gasteiger partial charge in [-0.2, -0.15) is 0 Å². The van der Waals surface area contributed by atoms with Gasteiger partial charge in [0.15, 0.2) is 5.96 Å². The van der Waals surface area contributed by atoms with Crippen LogP contribution in [-0.2, 0) is 6.42 Å². The Morgan fingerprint density at radius 2 is 2.16 bits per heavy atom. The molecule has 1 aliphatic carbocycles. The number of aromatic nitrogens is 1. The number of guanidine groups is 1. The molecule has 4 nitrogen and oxygen atoms in total. The first-order valence-electron chi connectivity index (χ1n) is 6.74. The number of aryl methyl sites for hydroxylation is 2. The van der Waals surface area contributed by atoms with Gasteiger partial charge in [-0.1, -0.05) is 12.2 Å². The standard InChI is InChI=1S/C14H22N4S/c1-10-13(19-11(2)17-10)8-9-16-14(15-3)18-12-6-4-5-7-12/h4-5,12H,6-9H2,1-3H3,(H2,15,16,18). The molecule has 0 unspecified atom stereocenters. The van der Waals surface area contributed by atoms with E-state index in [-0.39, 0.29) is 0 Å². The summed E-state index contributed by atoms with van der Waals surface area (Å²) in [6, 6.07) is 0.499. The summed E-state index contributed by atoms with van der Waals surface area (Å²) in [5, 5.41) is 7.95. The Bertz CT molecular complexity index is 468. The summed E-state index contributed by atoms with van der Waals surface area (Å²) in [6.45, 7) is 5.03. The van der Waals surface area contributed by atoms with Crippen LogP contribution in [-0.4, -0.2) is 30.6 Å². The Labute approximate surface area is 119 Å². The average Bonchev–Trinajstić information content (AvgIpc) is 2.98. The zero-order valence-electron chi connectivity index (χ0n) is 11.9. The van der Waals surface area contributed by atoms with Crippen molar-refractivity contribution >= 4 is 17.3 Å². The molecule has 1 aromatic rings. The minimum absolute atomic E-state index is 0.499. The van der Waals surface area contributed by atoms with Crippen molar-refractivity contribution in [2.24, 2.45) is 4.99 Å². The molecule has 0 amide bonds. The molecule has 104 valence electrons. The first-order valence-corrected chi connectivity index (χ1v) is 7.55. The fourth-order valence-electron chi connectivity index (χ4n) is 2.22. The molecule has 0 bridgehead atoms. The summed E-state index contributed by atoms with van der Waals surface area (Å²) >= 11 is 1.79. The van der Waals surface area contributed by atoms with Crippen LogP contribution in [0.2, 0.25) is 0 Å². The summed E-state index contributed by atoms with van der Waals surface area (Å²) in [5.41, 5.74) is 1.16. The van der Waals surface area contributed by atoms with E-state index in [1.54, 1.807) is 11.3 Å². The lowest BCUT2D eigenvalue weighted by Gasteiger charge is -2.16. The van der Waals surface area contributed by atoms with Gasteiger partial charge in [0.2, 0.25) is 0 Å². The molecular formula is C14H22N4S. The van der Waals surface area contributed by atoms with Crippen molar-refractivity contribution < 1.29 is 0 Å². The van der Waals surface area contributed by atoms with Crippen molar-refractivity contribution in [2.45, 2.75) is 39.2 Å². The first-order chi connectivity index (χ1) is 9.19. The minimum atomic E-state index is 0.499. The third-order valence-corrected chi connectivity index (χ3v) is 4.35. The van der Waals surface area contributed by atoms with E-state index in [4.69, 9.17) is 0 Å². The fourth-order valence-corrected chi connectivity index (χ4v) is 3.16. The molecule has 1 aliphatic rings. The Morgan fingerprint density at radius 1 is 1.42 bits per heavy atom. The van der Waals surface area contributed by atoms with E-state index >= 15 is 0 Å². The Morgan fingerprint density at radius 3 is 2.74 bits per heavy atom. The predicted molar refractivity (Wildman–Crippen MR) is 82.0 cm³/mol. The number of aliphatic imine (C=N–C) groups is 1. The molecule has 0 spiro atoms. The van der Waals surface area contributed by atoms with E-state index in [1.165, 1.54) is 4.88 Å². The van der Waals surface area contributed by atoms with Gasteiger partial charge in [0.25, 0.3) is 0 Å². The Kier molecular flexibility index (Phi) is 4.96. The summed E-state index contributed by atoms with van der Waals surface area (Å²) in [5.74, 6) is 0.896. The van der Waals surface area contributed by atoms with Crippen LogP contribution in [0.15, 0.2) is 17.1 Å². The van der Waals surface area contributed by atoms with Crippen LogP contribution in [0.3, 0.4) is 0 Å². The van der Waals surface area contributed by atoms with Crippen molar-refractivity contribution in [3.63, 3.8) is 0 Å². The number of nitrogens with one attached hydrogen (secondary N) is 2. The highest BCUT2D eigenvalue weighted by Crippen LogP contribution is 2.17. The zero-order valence-corrected chi connectivity index (χ0v) is 12.7. The van der Waals surface area contributed by atoms with E-state index in [0.29, 0.717) is 6.04 Å². The average molecular weight is 278 g/mol. The van der Waals surface area contributed by atoms with E-state index in [1.807, 2.05) is 7.05 Å². The highest BCUT2D eigenvalue weighted by atomic mass is 32.1. The number of hydrogen-bond acceptors (Lipinski definition) is 3. The van der Waals surface area contributed by atoms with Gasteiger partial charge in [-0.3, -0.25) is 4.99 Å². The highest BCUT2D eigenvalue weighted by molar-refractivity contribution is 7.11. The second-order valence-electron chi connectivity index (χ2n) is 4.77. The molecule has 0 atom stereocenters. The normalized spacial score (nSPS) is 16.1. The van der Waals surface area contributed by atoms with Gasteiger partial charge in [-0.15, -0.1) is 11.3 Å². The third kappa shape index (κ3) is 4.06. The van der Waals surface area contributed by atoms with Crippen LogP contribution in [0, 0.1) is 13.8 Å². The molecule has 19 heavy (non-hydrogen) atoms. The Hall–Kier alpha value is -1.36. The van der Waals surface area contributed by atoms with Gasteiger partial charge in [-0.25, -0.2) is 4.98 Å². The predicted octanol–water partition coefficient (Wildman–Crippen LogP) is 2.19. The molecule has 2 rings (SSSR count). The summed E-state index contributed by atoms with van der Waals surface area (Å²) in [4.78, 5) is 10.1. The summed E-state index contributed by atoms with van der Waals surface area (Å²) in [6.07, 6.45) is 7.62. The van der Waals surface area contributed by atoms with Crippen LogP contribution >= 0.6 is 11.3 Å². The maximum absolute atomic E-state index is 4.45. The lowest BCUT2D eigenvalue weighted by atomic mass is 10.2. The van der Waals surface area contributed by atoms with Crippen molar-refractivity contribution in [3.05, 3.63) is 27.7 Å². The summed E-state index contributed by atoms with van der Waals surface area (Å²) < 4.78 is 0. The zero-order chi connectivity index (χ0) is 13.7. The van der Waals surface area contributed by atoms with Crippen LogP contribution in [0.25, 0.3) is 0 Å². The highest BCUT2D eigenvalue weighted by Gasteiger charge is 2.11. The fraction of sp³-hybridized carbons (Fsp3) is 0.571.